The predicted molar refractivity (Wildman–Crippen MR) is 92.7 cm³/mol. The number of hydrogen-bond donors (Lipinski definition) is 2. The second kappa shape index (κ2) is 7.99. The highest BCUT2D eigenvalue weighted by atomic mass is 32.2. The number of anilines is 1. The zero-order valence-electron chi connectivity index (χ0n) is 13.5. The number of sulfonamides is 1. The summed E-state index contributed by atoms with van der Waals surface area (Å²) in [6.45, 7) is 7.91. The summed E-state index contributed by atoms with van der Waals surface area (Å²) in [5.74, 6) is 1.76. The van der Waals surface area contributed by atoms with Crippen molar-refractivity contribution in [3.05, 3.63) is 23.3 Å². The van der Waals surface area contributed by atoms with Gasteiger partial charge in [-0.3, -0.25) is 4.79 Å². The summed E-state index contributed by atoms with van der Waals surface area (Å²) in [5.41, 5.74) is 2.11. The lowest BCUT2D eigenvalue weighted by atomic mass is 10.1. The van der Waals surface area contributed by atoms with Crippen molar-refractivity contribution in [2.45, 2.75) is 39.0 Å². The van der Waals surface area contributed by atoms with Gasteiger partial charge in [-0.2, -0.15) is 11.8 Å². The van der Waals surface area contributed by atoms with E-state index in [1.165, 1.54) is 12.1 Å². The van der Waals surface area contributed by atoms with Gasteiger partial charge in [-0.15, -0.1) is 0 Å². The fourth-order valence-corrected chi connectivity index (χ4v) is 3.45. The van der Waals surface area contributed by atoms with Crippen molar-refractivity contribution < 1.29 is 13.2 Å². The SMILES string of the molecule is Cc1cc(S(N)(=O)=O)cc(NC(=O)CSCCC(C)C)c1C. The molecule has 0 aliphatic heterocycles. The van der Waals surface area contributed by atoms with Crippen molar-refractivity contribution in [3.63, 3.8) is 0 Å². The number of carbonyl (C=O) groups is 1. The Kier molecular flexibility index (Phi) is 6.90. The van der Waals surface area contributed by atoms with E-state index in [1.807, 2.05) is 6.92 Å². The quantitative estimate of drug-likeness (QED) is 0.744. The number of rotatable bonds is 7. The molecule has 0 spiro atoms. The van der Waals surface area contributed by atoms with E-state index in [0.29, 0.717) is 17.4 Å². The lowest BCUT2D eigenvalue weighted by Crippen LogP contribution is -2.17. The third-order valence-corrected chi connectivity index (χ3v) is 5.20. The van der Waals surface area contributed by atoms with Crippen molar-refractivity contribution in [1.29, 1.82) is 0 Å². The lowest BCUT2D eigenvalue weighted by molar-refractivity contribution is -0.113. The maximum absolute atomic E-state index is 12.0. The average molecular weight is 345 g/mol. The number of thioether (sulfide) groups is 1. The lowest BCUT2D eigenvalue weighted by Gasteiger charge is -2.13. The van der Waals surface area contributed by atoms with Crippen LogP contribution >= 0.6 is 11.8 Å². The first-order chi connectivity index (χ1) is 10.1. The minimum Gasteiger partial charge on any atom is -0.325 e. The topological polar surface area (TPSA) is 89.3 Å². The largest absolute Gasteiger partial charge is 0.325 e. The van der Waals surface area contributed by atoms with Crippen molar-refractivity contribution in [3.8, 4) is 0 Å². The van der Waals surface area contributed by atoms with Gasteiger partial charge in [0.1, 0.15) is 0 Å². The number of carbonyl (C=O) groups excluding carboxylic acids is 1. The zero-order valence-corrected chi connectivity index (χ0v) is 15.1. The molecule has 0 aromatic heterocycles. The molecule has 124 valence electrons. The maximum Gasteiger partial charge on any atom is 0.238 e. The number of nitrogens with two attached hydrogens (primary N) is 1. The van der Waals surface area contributed by atoms with Crippen LogP contribution in [0.15, 0.2) is 17.0 Å². The Balaban J connectivity index is 2.76. The van der Waals surface area contributed by atoms with E-state index in [-0.39, 0.29) is 10.8 Å². The fraction of sp³-hybridized carbons (Fsp3) is 0.533. The van der Waals surface area contributed by atoms with E-state index in [2.05, 4.69) is 19.2 Å². The third-order valence-electron chi connectivity index (χ3n) is 3.32. The number of amides is 1. The predicted octanol–water partition coefficient (Wildman–Crippen LogP) is 2.67. The van der Waals surface area contributed by atoms with E-state index in [0.717, 1.165) is 23.3 Å². The number of nitrogens with one attached hydrogen (secondary N) is 1. The highest BCUT2D eigenvalue weighted by Crippen LogP contribution is 2.23. The molecule has 5 nitrogen and oxygen atoms in total. The molecule has 7 heteroatoms. The molecule has 0 saturated carbocycles. The second-order valence-electron chi connectivity index (χ2n) is 5.74. The molecule has 0 radical (unpaired) electrons. The highest BCUT2D eigenvalue weighted by molar-refractivity contribution is 7.99. The van der Waals surface area contributed by atoms with Gasteiger partial charge >= 0.3 is 0 Å². The molecule has 0 heterocycles. The molecule has 0 aliphatic carbocycles. The molecule has 1 aromatic carbocycles. The first-order valence-electron chi connectivity index (χ1n) is 7.13. The van der Waals surface area contributed by atoms with Crippen LogP contribution in [0.4, 0.5) is 5.69 Å². The molecule has 0 fully saturated rings. The van der Waals surface area contributed by atoms with Gasteiger partial charge in [0.25, 0.3) is 0 Å². The van der Waals surface area contributed by atoms with E-state index >= 15 is 0 Å². The molecule has 0 saturated heterocycles. The number of primary sulfonamides is 1. The summed E-state index contributed by atoms with van der Waals surface area (Å²) in [6, 6.07) is 2.92. The summed E-state index contributed by atoms with van der Waals surface area (Å²) in [7, 11) is -3.79. The Labute approximate surface area is 137 Å². The first-order valence-corrected chi connectivity index (χ1v) is 9.83. The molecule has 22 heavy (non-hydrogen) atoms. The van der Waals surface area contributed by atoms with Crippen LogP contribution < -0.4 is 10.5 Å². The number of aryl methyl sites for hydroxylation is 1. The van der Waals surface area contributed by atoms with Crippen LogP contribution in [0.25, 0.3) is 0 Å². The Morgan fingerprint density at radius 3 is 2.50 bits per heavy atom. The van der Waals surface area contributed by atoms with Crippen LogP contribution in [0, 0.1) is 19.8 Å². The molecule has 0 atom stereocenters. The van der Waals surface area contributed by atoms with Crippen LogP contribution in [-0.4, -0.2) is 25.8 Å². The average Bonchev–Trinajstić information content (AvgIpc) is 2.38. The maximum atomic E-state index is 12.0. The van der Waals surface area contributed by atoms with Gasteiger partial charge in [-0.1, -0.05) is 13.8 Å². The van der Waals surface area contributed by atoms with E-state index in [1.54, 1.807) is 18.7 Å². The van der Waals surface area contributed by atoms with Crippen molar-refractivity contribution in [2.75, 3.05) is 16.8 Å². The van der Waals surface area contributed by atoms with Crippen LogP contribution in [0.5, 0.6) is 0 Å². The molecule has 0 bridgehead atoms. The van der Waals surface area contributed by atoms with E-state index < -0.39 is 10.0 Å². The fourth-order valence-electron chi connectivity index (χ4n) is 1.79. The van der Waals surface area contributed by atoms with Gasteiger partial charge < -0.3 is 5.32 Å². The minimum absolute atomic E-state index is 0.0124. The summed E-state index contributed by atoms with van der Waals surface area (Å²) in [4.78, 5) is 12.0. The van der Waals surface area contributed by atoms with Crippen molar-refractivity contribution in [1.82, 2.24) is 0 Å². The summed E-state index contributed by atoms with van der Waals surface area (Å²) in [6.07, 6.45) is 1.07. The van der Waals surface area contributed by atoms with Crippen LogP contribution in [0.2, 0.25) is 0 Å². The summed E-state index contributed by atoms with van der Waals surface area (Å²) < 4.78 is 22.9. The molecule has 1 rings (SSSR count). The van der Waals surface area contributed by atoms with Gasteiger partial charge in [-0.05, 0) is 55.2 Å². The third kappa shape index (κ3) is 5.98. The van der Waals surface area contributed by atoms with Crippen LogP contribution in [-0.2, 0) is 14.8 Å². The van der Waals surface area contributed by atoms with Gasteiger partial charge in [0.15, 0.2) is 0 Å². The summed E-state index contributed by atoms with van der Waals surface area (Å²) in [5, 5.41) is 7.93. The Morgan fingerprint density at radius 2 is 1.95 bits per heavy atom. The molecular formula is C15H24N2O3S2. The molecule has 1 aromatic rings. The Bertz CT molecular complexity index is 640. The standard InChI is InChI=1S/C15H24N2O3S2/c1-10(2)5-6-21-9-15(18)17-14-8-13(22(16,19)20)7-11(3)12(14)4/h7-8,10H,5-6,9H2,1-4H3,(H,17,18)(H2,16,19,20). The minimum atomic E-state index is -3.79. The van der Waals surface area contributed by atoms with E-state index in [9.17, 15) is 13.2 Å². The van der Waals surface area contributed by atoms with Crippen LogP contribution in [0.1, 0.15) is 31.4 Å². The van der Waals surface area contributed by atoms with Crippen molar-refractivity contribution in [2.24, 2.45) is 11.1 Å². The van der Waals surface area contributed by atoms with Crippen molar-refractivity contribution >= 4 is 33.4 Å². The van der Waals surface area contributed by atoms with Gasteiger partial charge in [0.2, 0.25) is 15.9 Å². The molecule has 0 aliphatic rings. The monoisotopic (exact) mass is 344 g/mol. The molecule has 1 amide bonds. The highest BCUT2D eigenvalue weighted by Gasteiger charge is 2.14. The van der Waals surface area contributed by atoms with Gasteiger partial charge in [0.05, 0.1) is 10.6 Å². The Morgan fingerprint density at radius 1 is 1.32 bits per heavy atom. The normalized spacial score (nSPS) is 11.7. The molecule has 0 unspecified atom stereocenters. The molecular weight excluding hydrogens is 320 g/mol. The van der Waals surface area contributed by atoms with E-state index in [4.69, 9.17) is 5.14 Å². The smallest absolute Gasteiger partial charge is 0.238 e. The molecule has 3 N–H and O–H groups in total. The second-order valence-corrected chi connectivity index (χ2v) is 8.41. The van der Waals surface area contributed by atoms with Gasteiger partial charge in [0, 0.05) is 5.69 Å². The number of benzene rings is 1. The first kappa shape index (κ1) is 19.0. The number of hydrogen-bond acceptors (Lipinski definition) is 4. The summed E-state index contributed by atoms with van der Waals surface area (Å²) >= 11 is 1.57. The van der Waals surface area contributed by atoms with Crippen LogP contribution in [0.3, 0.4) is 0 Å². The Hall–Kier alpha value is -1.05. The van der Waals surface area contributed by atoms with Gasteiger partial charge in [-0.25, -0.2) is 13.6 Å². The zero-order chi connectivity index (χ0) is 16.9.